The van der Waals surface area contributed by atoms with Gasteiger partial charge in [0, 0.05) is 5.92 Å². The number of nitrogens with two attached hydrogens (primary N) is 1. The molecule has 0 aliphatic heterocycles. The lowest BCUT2D eigenvalue weighted by molar-refractivity contribution is 0.324. The summed E-state index contributed by atoms with van der Waals surface area (Å²) in [6.07, 6.45) is 6.00. The summed E-state index contributed by atoms with van der Waals surface area (Å²) >= 11 is 3.56. The van der Waals surface area contributed by atoms with Gasteiger partial charge in [-0.2, -0.15) is 0 Å². The first-order valence-corrected chi connectivity index (χ1v) is 6.07. The number of halogens is 1. The van der Waals surface area contributed by atoms with Gasteiger partial charge in [-0.25, -0.2) is 0 Å². The fourth-order valence-electron chi connectivity index (χ4n) is 1.96. The summed E-state index contributed by atoms with van der Waals surface area (Å²) in [5.41, 5.74) is 5.96. The first-order chi connectivity index (χ1) is 6.69. The topological polar surface area (TPSA) is 39.2 Å². The zero-order valence-corrected chi connectivity index (χ0v) is 9.64. The van der Waals surface area contributed by atoms with Crippen LogP contribution in [0, 0.1) is 0 Å². The molecule has 0 atom stereocenters. The molecule has 2 aliphatic rings. The van der Waals surface area contributed by atoms with Gasteiger partial charge in [0.1, 0.15) is 11.5 Å². The third-order valence-electron chi connectivity index (χ3n) is 3.47. The molecule has 0 aromatic carbocycles. The molecule has 0 saturated heterocycles. The van der Waals surface area contributed by atoms with Crippen LogP contribution in [-0.4, -0.2) is 0 Å². The van der Waals surface area contributed by atoms with E-state index in [-0.39, 0.29) is 5.54 Å². The Hall–Kier alpha value is -0.280. The summed E-state index contributed by atoms with van der Waals surface area (Å²) < 4.78 is 6.99. The monoisotopic (exact) mass is 255 g/mol. The fourth-order valence-corrected chi connectivity index (χ4v) is 2.57. The molecule has 3 rings (SSSR count). The Morgan fingerprint density at radius 3 is 2.64 bits per heavy atom. The molecule has 76 valence electrons. The summed E-state index contributed by atoms with van der Waals surface area (Å²) in [4.78, 5) is 0. The summed E-state index contributed by atoms with van der Waals surface area (Å²) in [6, 6.07) is 2.07. The van der Waals surface area contributed by atoms with Crippen LogP contribution in [0.1, 0.15) is 49.5 Å². The van der Waals surface area contributed by atoms with E-state index >= 15 is 0 Å². The molecule has 0 spiro atoms. The average Bonchev–Trinajstić information content (AvgIpc) is 2.68. The van der Waals surface area contributed by atoms with Crippen molar-refractivity contribution in [2.24, 2.45) is 5.73 Å². The van der Waals surface area contributed by atoms with Crippen LogP contribution < -0.4 is 5.73 Å². The molecule has 0 bridgehead atoms. The summed E-state index contributed by atoms with van der Waals surface area (Å²) in [5, 5.41) is 0. The maximum absolute atomic E-state index is 6.10. The van der Waals surface area contributed by atoms with Crippen molar-refractivity contribution in [3.63, 3.8) is 0 Å². The third kappa shape index (κ3) is 1.26. The van der Waals surface area contributed by atoms with Crippen molar-refractivity contribution < 1.29 is 4.42 Å². The van der Waals surface area contributed by atoms with E-state index in [9.17, 15) is 0 Å². The number of furan rings is 1. The van der Waals surface area contributed by atoms with E-state index in [1.165, 1.54) is 19.3 Å². The maximum Gasteiger partial charge on any atom is 0.125 e. The van der Waals surface area contributed by atoms with Gasteiger partial charge in [0.25, 0.3) is 0 Å². The highest BCUT2D eigenvalue weighted by Gasteiger charge is 2.44. The quantitative estimate of drug-likeness (QED) is 0.882. The second-order valence-electron chi connectivity index (χ2n) is 4.61. The van der Waals surface area contributed by atoms with Crippen LogP contribution in [0.4, 0.5) is 0 Å². The zero-order chi connectivity index (χ0) is 9.76. The Morgan fingerprint density at radius 2 is 2.14 bits per heavy atom. The van der Waals surface area contributed by atoms with Gasteiger partial charge in [0.15, 0.2) is 0 Å². The SMILES string of the molecule is NC1(c2cc(Br)c(C3CCC3)o2)CC1. The van der Waals surface area contributed by atoms with Crippen molar-refractivity contribution in [3.05, 3.63) is 22.1 Å². The summed E-state index contributed by atoms with van der Waals surface area (Å²) in [5.74, 6) is 2.75. The van der Waals surface area contributed by atoms with Gasteiger partial charge >= 0.3 is 0 Å². The van der Waals surface area contributed by atoms with Gasteiger partial charge in [-0.05, 0) is 47.7 Å². The van der Waals surface area contributed by atoms with Gasteiger partial charge in [-0.1, -0.05) is 6.42 Å². The molecule has 2 nitrogen and oxygen atoms in total. The Labute approximate surface area is 92.0 Å². The summed E-state index contributed by atoms with van der Waals surface area (Å²) in [7, 11) is 0. The van der Waals surface area contributed by atoms with Gasteiger partial charge in [-0.15, -0.1) is 0 Å². The predicted molar refractivity (Wildman–Crippen MR) is 58.1 cm³/mol. The second kappa shape index (κ2) is 2.86. The number of rotatable bonds is 2. The maximum atomic E-state index is 6.10. The smallest absolute Gasteiger partial charge is 0.125 e. The normalized spacial score (nSPS) is 24.7. The van der Waals surface area contributed by atoms with Crippen LogP contribution in [0.2, 0.25) is 0 Å². The van der Waals surface area contributed by atoms with Gasteiger partial charge in [-0.3, -0.25) is 0 Å². The lowest BCUT2D eigenvalue weighted by Gasteiger charge is -2.23. The Bertz CT molecular complexity index is 363. The van der Waals surface area contributed by atoms with Crippen LogP contribution in [0.25, 0.3) is 0 Å². The molecule has 2 fully saturated rings. The number of hydrogen-bond donors (Lipinski definition) is 1. The molecular weight excluding hydrogens is 242 g/mol. The largest absolute Gasteiger partial charge is 0.463 e. The van der Waals surface area contributed by atoms with Crippen molar-refractivity contribution in [3.8, 4) is 0 Å². The molecule has 1 aromatic heterocycles. The van der Waals surface area contributed by atoms with Crippen molar-refractivity contribution in [2.45, 2.75) is 43.6 Å². The minimum absolute atomic E-state index is 0.134. The van der Waals surface area contributed by atoms with Crippen LogP contribution >= 0.6 is 15.9 Å². The van der Waals surface area contributed by atoms with Crippen molar-refractivity contribution in [1.29, 1.82) is 0 Å². The van der Waals surface area contributed by atoms with Gasteiger partial charge < -0.3 is 10.2 Å². The Balaban J connectivity index is 1.93. The molecule has 2 saturated carbocycles. The van der Waals surface area contributed by atoms with Crippen LogP contribution in [0.15, 0.2) is 15.0 Å². The molecular formula is C11H14BrNO. The molecule has 2 aliphatic carbocycles. The molecule has 1 aromatic rings. The molecule has 14 heavy (non-hydrogen) atoms. The van der Waals surface area contributed by atoms with Crippen molar-refractivity contribution in [2.75, 3.05) is 0 Å². The molecule has 0 unspecified atom stereocenters. The Kier molecular flexibility index (Phi) is 1.83. The minimum atomic E-state index is -0.134. The molecule has 2 N–H and O–H groups in total. The number of hydrogen-bond acceptors (Lipinski definition) is 2. The highest BCUT2D eigenvalue weighted by Crippen LogP contribution is 2.48. The van der Waals surface area contributed by atoms with E-state index in [0.29, 0.717) is 5.92 Å². The van der Waals surface area contributed by atoms with Crippen molar-refractivity contribution in [1.82, 2.24) is 0 Å². The highest BCUT2D eigenvalue weighted by molar-refractivity contribution is 9.10. The first-order valence-electron chi connectivity index (χ1n) is 5.28. The zero-order valence-electron chi connectivity index (χ0n) is 8.05. The van der Waals surface area contributed by atoms with E-state index in [4.69, 9.17) is 10.2 Å². The third-order valence-corrected chi connectivity index (χ3v) is 4.09. The minimum Gasteiger partial charge on any atom is -0.463 e. The van der Waals surface area contributed by atoms with Crippen LogP contribution in [0.3, 0.4) is 0 Å². The molecule has 1 heterocycles. The van der Waals surface area contributed by atoms with E-state index in [1.54, 1.807) is 0 Å². The highest BCUT2D eigenvalue weighted by atomic mass is 79.9. The Morgan fingerprint density at radius 1 is 1.43 bits per heavy atom. The fraction of sp³-hybridized carbons (Fsp3) is 0.636. The first kappa shape index (κ1) is 8.98. The van der Waals surface area contributed by atoms with Crippen LogP contribution in [0.5, 0.6) is 0 Å². The lowest BCUT2D eigenvalue weighted by atomic mass is 9.84. The molecule has 0 amide bonds. The van der Waals surface area contributed by atoms with E-state index in [1.807, 2.05) is 0 Å². The van der Waals surface area contributed by atoms with Crippen molar-refractivity contribution >= 4 is 15.9 Å². The predicted octanol–water partition coefficient (Wildman–Crippen LogP) is 3.26. The van der Waals surface area contributed by atoms with E-state index in [0.717, 1.165) is 28.8 Å². The van der Waals surface area contributed by atoms with E-state index in [2.05, 4.69) is 22.0 Å². The molecule has 3 heteroatoms. The van der Waals surface area contributed by atoms with Gasteiger partial charge in [0.05, 0.1) is 10.0 Å². The second-order valence-corrected chi connectivity index (χ2v) is 5.46. The average molecular weight is 256 g/mol. The van der Waals surface area contributed by atoms with E-state index < -0.39 is 0 Å². The molecule has 0 radical (unpaired) electrons. The van der Waals surface area contributed by atoms with Gasteiger partial charge in [0.2, 0.25) is 0 Å². The standard InChI is InChI=1S/C11H14BrNO/c12-8-6-9(11(13)4-5-11)14-10(8)7-2-1-3-7/h6-7H,1-5,13H2. The van der Waals surface area contributed by atoms with Crippen LogP contribution in [-0.2, 0) is 5.54 Å². The lowest BCUT2D eigenvalue weighted by Crippen LogP contribution is -2.17. The summed E-state index contributed by atoms with van der Waals surface area (Å²) in [6.45, 7) is 0.